The van der Waals surface area contributed by atoms with Crippen molar-refractivity contribution in [3.63, 3.8) is 0 Å². The van der Waals surface area contributed by atoms with E-state index in [1.54, 1.807) is 12.1 Å². The van der Waals surface area contributed by atoms with Crippen LogP contribution in [0.25, 0.3) is 0 Å². The van der Waals surface area contributed by atoms with Crippen molar-refractivity contribution in [2.75, 3.05) is 0 Å². The van der Waals surface area contributed by atoms with E-state index in [0.717, 1.165) is 35.3 Å². The summed E-state index contributed by atoms with van der Waals surface area (Å²) in [5, 5.41) is 7.90. The molecular weight excluding hydrogens is 407 g/mol. The van der Waals surface area contributed by atoms with Crippen LogP contribution in [-0.4, -0.2) is 16.2 Å². The Morgan fingerprint density at radius 3 is 2.70 bits per heavy atom. The molecule has 0 bridgehead atoms. The summed E-state index contributed by atoms with van der Waals surface area (Å²) in [6.07, 6.45) is 2.26. The largest absolute Gasteiger partial charge is 0.434 e. The topological polar surface area (TPSA) is 61.3 Å². The Morgan fingerprint density at radius 2 is 2.00 bits per heavy atom. The number of esters is 1. The average molecular weight is 421 g/mol. The molecule has 2 aromatic heterocycles. The molecule has 5 nitrogen and oxygen atoms in total. The van der Waals surface area contributed by atoms with Crippen LogP contribution in [0.1, 0.15) is 39.6 Å². The lowest BCUT2D eigenvalue weighted by Crippen LogP contribution is -2.08. The molecule has 138 valence electrons. The number of benzene rings is 1. The normalized spacial score (nSPS) is 13.4. The van der Waals surface area contributed by atoms with E-state index < -0.39 is 5.97 Å². The molecule has 3 aromatic rings. The summed E-state index contributed by atoms with van der Waals surface area (Å²) in [4.78, 5) is 12.7. The van der Waals surface area contributed by atoms with Crippen LogP contribution >= 0.6 is 34.5 Å². The number of rotatable bonds is 5. The van der Waals surface area contributed by atoms with Crippen molar-refractivity contribution in [2.24, 2.45) is 0 Å². The van der Waals surface area contributed by atoms with E-state index in [0.29, 0.717) is 20.9 Å². The number of thiophene rings is 1. The molecule has 1 saturated carbocycles. The van der Waals surface area contributed by atoms with Gasteiger partial charge in [-0.25, -0.2) is 4.79 Å². The van der Waals surface area contributed by atoms with E-state index in [2.05, 4.69) is 10.2 Å². The maximum atomic E-state index is 12.4. The Labute approximate surface area is 169 Å². The van der Waals surface area contributed by atoms with Gasteiger partial charge in [-0.2, -0.15) is 0 Å². The van der Waals surface area contributed by atoms with E-state index >= 15 is 0 Å². The Bertz CT molecular complexity index is 1020. The number of ether oxygens (including phenoxy) is 2. The van der Waals surface area contributed by atoms with Gasteiger partial charge < -0.3 is 9.47 Å². The van der Waals surface area contributed by atoms with Crippen molar-refractivity contribution in [2.45, 2.75) is 25.7 Å². The van der Waals surface area contributed by atoms with Crippen molar-refractivity contribution in [3.8, 4) is 17.4 Å². The number of para-hydroxylation sites is 1. The van der Waals surface area contributed by atoms with Gasteiger partial charge in [-0.1, -0.05) is 41.4 Å². The quantitative estimate of drug-likeness (QED) is 0.470. The number of hydrogen-bond acceptors (Lipinski definition) is 6. The SMILES string of the molecule is Cc1cccc(C2CC2)c1Oc1nnc(Cl)cc1OC(=O)c1ccc(Cl)s1. The summed E-state index contributed by atoms with van der Waals surface area (Å²) in [6.45, 7) is 1.96. The summed E-state index contributed by atoms with van der Waals surface area (Å²) in [6, 6.07) is 10.6. The lowest BCUT2D eigenvalue weighted by Gasteiger charge is -2.14. The maximum absolute atomic E-state index is 12.4. The van der Waals surface area contributed by atoms with Gasteiger partial charge >= 0.3 is 5.97 Å². The van der Waals surface area contributed by atoms with Crippen LogP contribution in [0.3, 0.4) is 0 Å². The monoisotopic (exact) mass is 420 g/mol. The van der Waals surface area contributed by atoms with Crippen LogP contribution in [0.4, 0.5) is 0 Å². The first kappa shape index (κ1) is 18.2. The van der Waals surface area contributed by atoms with Crippen LogP contribution in [0.5, 0.6) is 17.4 Å². The summed E-state index contributed by atoms with van der Waals surface area (Å²) in [7, 11) is 0. The maximum Gasteiger partial charge on any atom is 0.353 e. The fourth-order valence-electron chi connectivity index (χ4n) is 2.69. The number of nitrogens with zero attached hydrogens (tertiary/aromatic N) is 2. The number of carbonyl (C=O) groups is 1. The van der Waals surface area contributed by atoms with Crippen molar-refractivity contribution in [1.29, 1.82) is 0 Å². The van der Waals surface area contributed by atoms with Crippen molar-refractivity contribution in [1.82, 2.24) is 10.2 Å². The highest BCUT2D eigenvalue weighted by Crippen LogP contribution is 2.47. The Morgan fingerprint density at radius 1 is 1.19 bits per heavy atom. The fraction of sp³-hybridized carbons (Fsp3) is 0.211. The van der Waals surface area contributed by atoms with Gasteiger partial charge in [-0.05, 0) is 48.9 Å². The minimum Gasteiger partial charge on any atom is -0.434 e. The molecule has 1 aliphatic rings. The van der Waals surface area contributed by atoms with Crippen LogP contribution in [0, 0.1) is 6.92 Å². The zero-order valence-corrected chi connectivity index (χ0v) is 16.6. The summed E-state index contributed by atoms with van der Waals surface area (Å²) < 4.78 is 12.0. The molecule has 0 atom stereocenters. The molecular formula is C19H14Cl2N2O3S. The molecule has 1 aliphatic carbocycles. The summed E-state index contributed by atoms with van der Waals surface area (Å²) in [5.41, 5.74) is 2.09. The molecule has 0 N–H and O–H groups in total. The van der Waals surface area contributed by atoms with Gasteiger partial charge in [0.05, 0.1) is 4.34 Å². The van der Waals surface area contributed by atoms with Crippen molar-refractivity contribution in [3.05, 3.63) is 61.9 Å². The standard InChI is InChI=1S/C19H14Cl2N2O3S/c1-10-3-2-4-12(11-5-6-11)17(10)26-18-13(9-15(20)22-23-18)25-19(24)14-7-8-16(21)27-14/h2-4,7-9,11H,5-6H2,1H3. The number of halogens is 2. The third kappa shape index (κ3) is 4.08. The van der Waals surface area contributed by atoms with E-state index in [4.69, 9.17) is 32.7 Å². The third-order valence-corrected chi connectivity index (χ3v) is 5.53. The molecule has 1 fully saturated rings. The average Bonchev–Trinajstić information content (AvgIpc) is 3.39. The van der Waals surface area contributed by atoms with Gasteiger partial charge in [0.1, 0.15) is 10.6 Å². The van der Waals surface area contributed by atoms with E-state index in [1.807, 2.05) is 25.1 Å². The minimum atomic E-state index is -0.562. The number of aromatic nitrogens is 2. The smallest absolute Gasteiger partial charge is 0.353 e. The first-order valence-electron chi connectivity index (χ1n) is 8.29. The Kier molecular flexibility index (Phi) is 5.04. The Balaban J connectivity index is 1.65. The number of aryl methyl sites for hydroxylation is 1. The predicted molar refractivity (Wildman–Crippen MR) is 105 cm³/mol. The van der Waals surface area contributed by atoms with E-state index in [1.165, 1.54) is 6.07 Å². The minimum absolute atomic E-state index is 0.0894. The second kappa shape index (κ2) is 7.46. The fourth-order valence-corrected chi connectivity index (χ4v) is 3.74. The highest BCUT2D eigenvalue weighted by atomic mass is 35.5. The number of carbonyl (C=O) groups excluding carboxylic acids is 1. The molecule has 27 heavy (non-hydrogen) atoms. The number of hydrogen-bond donors (Lipinski definition) is 0. The molecule has 0 radical (unpaired) electrons. The van der Waals surface area contributed by atoms with Crippen LogP contribution in [0.15, 0.2) is 36.4 Å². The predicted octanol–water partition coefficient (Wildman–Crippen LogP) is 6.04. The summed E-state index contributed by atoms with van der Waals surface area (Å²) in [5.74, 6) is 0.835. The van der Waals surface area contributed by atoms with Gasteiger partial charge in [0.25, 0.3) is 5.88 Å². The molecule has 1 aromatic carbocycles. The molecule has 8 heteroatoms. The zero-order chi connectivity index (χ0) is 19.0. The summed E-state index contributed by atoms with van der Waals surface area (Å²) >= 11 is 12.9. The van der Waals surface area contributed by atoms with Crippen molar-refractivity contribution < 1.29 is 14.3 Å². The van der Waals surface area contributed by atoms with Gasteiger partial charge in [0.15, 0.2) is 10.9 Å². The van der Waals surface area contributed by atoms with Gasteiger partial charge in [-0.15, -0.1) is 21.5 Å². The van der Waals surface area contributed by atoms with Crippen LogP contribution in [0.2, 0.25) is 9.49 Å². The van der Waals surface area contributed by atoms with Crippen LogP contribution in [-0.2, 0) is 0 Å². The van der Waals surface area contributed by atoms with E-state index in [-0.39, 0.29) is 16.8 Å². The third-order valence-electron chi connectivity index (χ3n) is 4.13. The molecule has 0 unspecified atom stereocenters. The van der Waals surface area contributed by atoms with Crippen molar-refractivity contribution >= 4 is 40.5 Å². The van der Waals surface area contributed by atoms with E-state index in [9.17, 15) is 4.79 Å². The molecule has 4 rings (SSSR count). The lowest BCUT2D eigenvalue weighted by molar-refractivity contribution is 0.0734. The molecule has 0 saturated heterocycles. The van der Waals surface area contributed by atoms with Gasteiger partial charge in [0.2, 0.25) is 0 Å². The zero-order valence-electron chi connectivity index (χ0n) is 14.2. The van der Waals surface area contributed by atoms with Gasteiger partial charge in [0, 0.05) is 6.07 Å². The first-order chi connectivity index (χ1) is 13.0. The second-order valence-corrected chi connectivity index (χ2v) is 8.30. The Hall–Kier alpha value is -2.15. The lowest BCUT2D eigenvalue weighted by atomic mass is 10.1. The molecule has 0 amide bonds. The highest BCUT2D eigenvalue weighted by Gasteiger charge is 2.28. The molecule has 0 aliphatic heterocycles. The first-order valence-corrected chi connectivity index (χ1v) is 9.86. The second-order valence-electron chi connectivity index (χ2n) is 6.20. The highest BCUT2D eigenvalue weighted by molar-refractivity contribution is 7.17. The van der Waals surface area contributed by atoms with Gasteiger partial charge in [-0.3, -0.25) is 0 Å². The molecule has 2 heterocycles. The molecule has 0 spiro atoms. The van der Waals surface area contributed by atoms with Crippen LogP contribution < -0.4 is 9.47 Å².